The van der Waals surface area contributed by atoms with Gasteiger partial charge in [-0.15, -0.1) is 0 Å². The Bertz CT molecular complexity index is 1450. The number of halogens is 1. The second-order valence-electron chi connectivity index (χ2n) is 9.61. The molecule has 34 heavy (non-hydrogen) atoms. The highest BCUT2D eigenvalue weighted by atomic mass is 79.9. The Morgan fingerprint density at radius 1 is 0.441 bits per heavy atom. The van der Waals surface area contributed by atoms with Crippen LogP contribution in [-0.4, -0.2) is 0 Å². The smallest absolute Gasteiger partial charge is 0.0178 e. The third-order valence-electron chi connectivity index (χ3n) is 7.12. The SMILES string of the molecule is CC1(C)c2cc(Br)ccc2-c2ccc(-c3cc(-c4ccccc4)cc(-c4ccccc4)c3)cc21. The van der Waals surface area contributed by atoms with Crippen LogP contribution in [0.4, 0.5) is 0 Å². The number of hydrogen-bond donors (Lipinski definition) is 0. The summed E-state index contributed by atoms with van der Waals surface area (Å²) in [7, 11) is 0. The first kappa shape index (κ1) is 21.1. The molecule has 0 radical (unpaired) electrons. The van der Waals surface area contributed by atoms with Gasteiger partial charge in [-0.25, -0.2) is 0 Å². The molecule has 164 valence electrons. The van der Waals surface area contributed by atoms with E-state index >= 15 is 0 Å². The first-order valence-corrected chi connectivity index (χ1v) is 12.5. The highest BCUT2D eigenvalue weighted by Crippen LogP contribution is 2.50. The monoisotopic (exact) mass is 500 g/mol. The van der Waals surface area contributed by atoms with Crippen LogP contribution in [0.2, 0.25) is 0 Å². The Labute approximate surface area is 210 Å². The van der Waals surface area contributed by atoms with Gasteiger partial charge in [0.25, 0.3) is 0 Å². The zero-order chi connectivity index (χ0) is 23.3. The summed E-state index contributed by atoms with van der Waals surface area (Å²) >= 11 is 3.67. The van der Waals surface area contributed by atoms with Crippen LogP contribution < -0.4 is 0 Å². The summed E-state index contributed by atoms with van der Waals surface area (Å²) < 4.78 is 1.13. The lowest BCUT2D eigenvalue weighted by molar-refractivity contribution is 0.660. The highest BCUT2D eigenvalue weighted by molar-refractivity contribution is 9.10. The zero-order valence-electron chi connectivity index (χ0n) is 19.3. The topological polar surface area (TPSA) is 0 Å². The average Bonchev–Trinajstić information content (AvgIpc) is 3.10. The lowest BCUT2D eigenvalue weighted by Crippen LogP contribution is -2.15. The van der Waals surface area contributed by atoms with Gasteiger partial charge in [-0.3, -0.25) is 0 Å². The van der Waals surface area contributed by atoms with Gasteiger partial charge in [-0.2, -0.15) is 0 Å². The van der Waals surface area contributed by atoms with Crippen LogP contribution in [0.25, 0.3) is 44.5 Å². The maximum Gasteiger partial charge on any atom is 0.0178 e. The molecular formula is C33H25Br. The molecule has 1 aliphatic carbocycles. The van der Waals surface area contributed by atoms with Crippen molar-refractivity contribution in [2.75, 3.05) is 0 Å². The fourth-order valence-electron chi connectivity index (χ4n) is 5.28. The van der Waals surface area contributed by atoms with Crippen molar-refractivity contribution in [2.45, 2.75) is 19.3 Å². The molecule has 0 amide bonds. The predicted octanol–water partition coefficient (Wildman–Crippen LogP) is 9.76. The van der Waals surface area contributed by atoms with Crippen molar-refractivity contribution in [3.8, 4) is 44.5 Å². The summed E-state index contributed by atoms with van der Waals surface area (Å²) in [6.45, 7) is 4.67. The second kappa shape index (κ2) is 8.11. The molecule has 0 N–H and O–H groups in total. The summed E-state index contributed by atoms with van der Waals surface area (Å²) in [6, 6.07) is 42.0. The Kier molecular flexibility index (Phi) is 5.04. The quantitative estimate of drug-likeness (QED) is 0.231. The van der Waals surface area contributed by atoms with Crippen molar-refractivity contribution in [1.29, 1.82) is 0 Å². The lowest BCUT2D eigenvalue weighted by Gasteiger charge is -2.22. The standard InChI is InChI=1S/C33H25Br/c1-33(2)31-20-24(13-15-29(31)30-16-14-28(34)21-32(30)33)27-18-25(22-9-5-3-6-10-22)17-26(19-27)23-11-7-4-8-12-23/h3-21H,1-2H3. The average molecular weight is 501 g/mol. The number of benzene rings is 5. The van der Waals surface area contributed by atoms with Gasteiger partial charge in [0.05, 0.1) is 0 Å². The second-order valence-corrected chi connectivity index (χ2v) is 10.5. The molecule has 0 unspecified atom stereocenters. The van der Waals surface area contributed by atoms with Crippen LogP contribution in [0.5, 0.6) is 0 Å². The van der Waals surface area contributed by atoms with E-state index in [4.69, 9.17) is 0 Å². The van der Waals surface area contributed by atoms with Crippen LogP contribution in [0.3, 0.4) is 0 Å². The summed E-state index contributed by atoms with van der Waals surface area (Å²) in [4.78, 5) is 0. The van der Waals surface area contributed by atoms with E-state index in [2.05, 4.69) is 145 Å². The van der Waals surface area contributed by atoms with Crippen molar-refractivity contribution < 1.29 is 0 Å². The molecule has 0 bridgehead atoms. The van der Waals surface area contributed by atoms with Crippen molar-refractivity contribution >= 4 is 15.9 Å². The summed E-state index contributed by atoms with van der Waals surface area (Å²) in [5.74, 6) is 0. The van der Waals surface area contributed by atoms with Gasteiger partial charge in [0.15, 0.2) is 0 Å². The normalized spacial score (nSPS) is 13.4. The van der Waals surface area contributed by atoms with Crippen LogP contribution in [0, 0.1) is 0 Å². The molecule has 0 heterocycles. The Hall–Kier alpha value is -3.42. The first-order chi connectivity index (χ1) is 16.5. The molecule has 6 rings (SSSR count). The van der Waals surface area contributed by atoms with E-state index in [1.807, 2.05) is 0 Å². The molecular weight excluding hydrogens is 476 g/mol. The predicted molar refractivity (Wildman–Crippen MR) is 148 cm³/mol. The van der Waals surface area contributed by atoms with Crippen molar-refractivity contribution in [3.63, 3.8) is 0 Å². The molecule has 0 aromatic heterocycles. The number of rotatable bonds is 3. The molecule has 0 nitrogen and oxygen atoms in total. The Balaban J connectivity index is 1.53. The van der Waals surface area contributed by atoms with Gasteiger partial charge < -0.3 is 0 Å². The Morgan fingerprint density at radius 2 is 0.912 bits per heavy atom. The van der Waals surface area contributed by atoms with E-state index in [0.717, 1.165) is 4.47 Å². The fraction of sp³-hybridized carbons (Fsp3) is 0.0909. The maximum absolute atomic E-state index is 3.67. The largest absolute Gasteiger partial charge is 0.0622 e. The minimum Gasteiger partial charge on any atom is -0.0622 e. The molecule has 5 aromatic rings. The van der Waals surface area contributed by atoms with E-state index in [9.17, 15) is 0 Å². The van der Waals surface area contributed by atoms with Crippen molar-refractivity contribution in [1.82, 2.24) is 0 Å². The third-order valence-corrected chi connectivity index (χ3v) is 7.61. The minimum atomic E-state index is -0.0379. The van der Waals surface area contributed by atoms with Gasteiger partial charge in [0.1, 0.15) is 0 Å². The molecule has 0 spiro atoms. The molecule has 0 saturated heterocycles. The van der Waals surface area contributed by atoms with Crippen LogP contribution in [0.1, 0.15) is 25.0 Å². The first-order valence-electron chi connectivity index (χ1n) is 11.7. The number of fused-ring (bicyclic) bond motifs is 3. The van der Waals surface area contributed by atoms with Crippen molar-refractivity contribution in [2.24, 2.45) is 0 Å². The number of hydrogen-bond acceptors (Lipinski definition) is 0. The van der Waals surface area contributed by atoms with Crippen LogP contribution >= 0.6 is 15.9 Å². The highest BCUT2D eigenvalue weighted by Gasteiger charge is 2.35. The molecule has 0 saturated carbocycles. The van der Waals surface area contributed by atoms with Gasteiger partial charge >= 0.3 is 0 Å². The zero-order valence-corrected chi connectivity index (χ0v) is 20.9. The molecule has 1 aliphatic rings. The molecule has 0 aliphatic heterocycles. The lowest BCUT2D eigenvalue weighted by atomic mass is 9.81. The van der Waals surface area contributed by atoms with Crippen molar-refractivity contribution in [3.05, 3.63) is 131 Å². The van der Waals surface area contributed by atoms with Crippen LogP contribution in [-0.2, 0) is 5.41 Å². The van der Waals surface area contributed by atoms with Gasteiger partial charge in [-0.1, -0.05) is 109 Å². The van der Waals surface area contributed by atoms with Gasteiger partial charge in [0.2, 0.25) is 0 Å². The summed E-state index contributed by atoms with van der Waals surface area (Å²) in [5, 5.41) is 0. The summed E-state index contributed by atoms with van der Waals surface area (Å²) in [5.41, 5.74) is 12.9. The van der Waals surface area contributed by atoms with Gasteiger partial charge in [-0.05, 0) is 92.0 Å². The van der Waals surface area contributed by atoms with E-state index in [1.54, 1.807) is 0 Å². The van der Waals surface area contributed by atoms with E-state index in [1.165, 1.54) is 55.6 Å². The van der Waals surface area contributed by atoms with Gasteiger partial charge in [0, 0.05) is 9.89 Å². The molecule has 0 fully saturated rings. The third kappa shape index (κ3) is 3.52. The fourth-order valence-corrected chi connectivity index (χ4v) is 5.64. The van der Waals surface area contributed by atoms with Crippen LogP contribution in [0.15, 0.2) is 120 Å². The minimum absolute atomic E-state index is 0.0379. The maximum atomic E-state index is 3.67. The molecule has 0 atom stereocenters. The summed E-state index contributed by atoms with van der Waals surface area (Å²) in [6.07, 6.45) is 0. The van der Waals surface area contributed by atoms with E-state index < -0.39 is 0 Å². The molecule has 5 aromatic carbocycles. The van der Waals surface area contributed by atoms with E-state index in [-0.39, 0.29) is 5.41 Å². The molecule has 1 heteroatoms. The van der Waals surface area contributed by atoms with E-state index in [0.29, 0.717) is 0 Å². The Morgan fingerprint density at radius 3 is 1.47 bits per heavy atom.